The fourth-order valence-corrected chi connectivity index (χ4v) is 8.42. The number of ether oxygens (including phenoxy) is 1. The molecule has 3 fully saturated rings. The summed E-state index contributed by atoms with van der Waals surface area (Å²) in [5.41, 5.74) is 2.50. The van der Waals surface area contributed by atoms with Gasteiger partial charge < -0.3 is 19.4 Å². The van der Waals surface area contributed by atoms with Gasteiger partial charge in [-0.15, -0.1) is 0 Å². The van der Waals surface area contributed by atoms with Crippen LogP contribution in [0.1, 0.15) is 82.6 Å². The molecule has 3 amide bonds. The van der Waals surface area contributed by atoms with Crippen LogP contribution in [0.15, 0.2) is 48.5 Å². The number of carbonyl (C=O) groups excluding carboxylic acids is 3. The van der Waals surface area contributed by atoms with Crippen molar-refractivity contribution < 1.29 is 36.7 Å². The van der Waals surface area contributed by atoms with Crippen molar-refractivity contribution in [3.8, 4) is 11.8 Å². The minimum absolute atomic E-state index is 0.120. The van der Waals surface area contributed by atoms with Crippen molar-refractivity contribution >= 4 is 29.1 Å². The minimum Gasteiger partial charge on any atom is -0.494 e. The monoisotopic (exact) mass is 760 g/mol. The largest absolute Gasteiger partial charge is 0.494 e. The first kappa shape index (κ1) is 38.1. The molecule has 4 heterocycles. The second kappa shape index (κ2) is 15.9. The van der Waals surface area contributed by atoms with Crippen molar-refractivity contribution in [2.75, 3.05) is 62.2 Å². The predicted molar refractivity (Wildman–Crippen MR) is 197 cm³/mol. The molecule has 1 N–H and O–H groups in total. The standard InChI is InChI=1S/C41H44F4N6O4/c1-26-22-31(6-8-32(26)27-12-15-50(16-13-27)34-9-4-28(24-46)37(38(34)42)41(43,44)45)55-21-3-2-14-48-17-19-49(20-18-48)30-5-7-33-29(23-30)25-51(40(33)54)35-10-11-36(52)47-39(35)53/h4-9,22-23,27,35H,2-3,10-21,25H2,1H3,(H,47,52,53). The number of rotatable bonds is 10. The lowest BCUT2D eigenvalue weighted by Gasteiger charge is -2.36. The van der Waals surface area contributed by atoms with Crippen LogP contribution in [0.4, 0.5) is 28.9 Å². The van der Waals surface area contributed by atoms with Gasteiger partial charge in [0.1, 0.15) is 17.4 Å². The number of nitrogens with one attached hydrogen (secondary N) is 1. The number of amides is 3. The van der Waals surface area contributed by atoms with E-state index in [0.29, 0.717) is 51.1 Å². The summed E-state index contributed by atoms with van der Waals surface area (Å²) >= 11 is 0. The first-order valence-corrected chi connectivity index (χ1v) is 18.9. The third kappa shape index (κ3) is 8.12. The van der Waals surface area contributed by atoms with Crippen molar-refractivity contribution in [1.82, 2.24) is 15.1 Å². The van der Waals surface area contributed by atoms with Gasteiger partial charge in [-0.2, -0.15) is 18.4 Å². The third-order valence-electron chi connectivity index (χ3n) is 11.4. The smallest absolute Gasteiger partial charge is 0.420 e. The van der Waals surface area contributed by atoms with Crippen molar-refractivity contribution in [3.05, 3.63) is 87.7 Å². The molecule has 3 saturated heterocycles. The number of unbranched alkanes of at least 4 members (excludes halogenated alkanes) is 1. The summed E-state index contributed by atoms with van der Waals surface area (Å²) in [6.45, 7) is 8.36. The summed E-state index contributed by atoms with van der Waals surface area (Å²) in [6.07, 6.45) is -1.15. The molecule has 4 aliphatic heterocycles. The number of carbonyl (C=O) groups is 3. The van der Waals surface area contributed by atoms with E-state index in [4.69, 9.17) is 10.00 Å². The fraction of sp³-hybridized carbons (Fsp3) is 0.463. The number of piperazine rings is 1. The maximum atomic E-state index is 15.0. The number of benzene rings is 3. The summed E-state index contributed by atoms with van der Waals surface area (Å²) in [7, 11) is 0. The summed E-state index contributed by atoms with van der Waals surface area (Å²) in [5, 5.41) is 11.4. The molecule has 3 aromatic carbocycles. The SMILES string of the molecule is Cc1cc(OCCCCN2CCN(c3ccc4c(c3)CN(C3CCC(=O)NC3=O)C4=O)CC2)ccc1C1CCN(c2ccc(C#N)c(C(F)(F)F)c2F)CC1. The van der Waals surface area contributed by atoms with E-state index in [1.54, 1.807) is 9.80 Å². The van der Waals surface area contributed by atoms with Crippen LogP contribution in [0.2, 0.25) is 0 Å². The Labute approximate surface area is 317 Å². The summed E-state index contributed by atoms with van der Waals surface area (Å²) in [6, 6.07) is 15.1. The van der Waals surface area contributed by atoms with Crippen molar-refractivity contribution in [2.45, 2.75) is 70.1 Å². The topological polar surface area (TPSA) is 109 Å². The Morgan fingerprint density at radius 3 is 2.36 bits per heavy atom. The van der Waals surface area contributed by atoms with Crippen LogP contribution >= 0.6 is 0 Å². The van der Waals surface area contributed by atoms with E-state index in [-0.39, 0.29) is 29.8 Å². The molecule has 0 radical (unpaired) electrons. The Morgan fingerprint density at radius 2 is 1.67 bits per heavy atom. The first-order valence-electron chi connectivity index (χ1n) is 18.9. The van der Waals surface area contributed by atoms with Crippen LogP contribution in [-0.4, -0.2) is 86.0 Å². The molecule has 14 heteroatoms. The second-order valence-electron chi connectivity index (χ2n) is 14.8. The highest BCUT2D eigenvalue weighted by Crippen LogP contribution is 2.40. The van der Waals surface area contributed by atoms with Gasteiger partial charge in [0, 0.05) is 63.5 Å². The summed E-state index contributed by atoms with van der Waals surface area (Å²) in [5.74, 6) is -1.27. The van der Waals surface area contributed by atoms with E-state index in [0.717, 1.165) is 79.8 Å². The highest BCUT2D eigenvalue weighted by molar-refractivity contribution is 6.05. The van der Waals surface area contributed by atoms with Crippen LogP contribution in [0, 0.1) is 24.1 Å². The average molecular weight is 761 g/mol. The number of nitriles is 1. The Kier molecular flexibility index (Phi) is 11.0. The van der Waals surface area contributed by atoms with Gasteiger partial charge in [0.15, 0.2) is 5.82 Å². The van der Waals surface area contributed by atoms with Crippen LogP contribution in [0.5, 0.6) is 5.75 Å². The number of piperidine rings is 2. The second-order valence-corrected chi connectivity index (χ2v) is 14.8. The predicted octanol–water partition coefficient (Wildman–Crippen LogP) is 6.15. The van der Waals surface area contributed by atoms with Gasteiger partial charge in [-0.1, -0.05) is 6.07 Å². The van der Waals surface area contributed by atoms with Crippen LogP contribution < -0.4 is 19.9 Å². The molecule has 0 bridgehead atoms. The lowest BCUT2D eigenvalue weighted by Crippen LogP contribution is -2.52. The molecule has 0 aliphatic carbocycles. The lowest BCUT2D eigenvalue weighted by atomic mass is 9.86. The van der Waals surface area contributed by atoms with Gasteiger partial charge in [-0.3, -0.25) is 24.6 Å². The van der Waals surface area contributed by atoms with Gasteiger partial charge in [-0.25, -0.2) is 4.39 Å². The number of nitrogens with zero attached hydrogens (tertiary/aromatic N) is 5. The molecule has 55 heavy (non-hydrogen) atoms. The highest BCUT2D eigenvalue weighted by Gasteiger charge is 2.40. The highest BCUT2D eigenvalue weighted by atomic mass is 19.4. The number of halogens is 4. The average Bonchev–Trinajstić information content (AvgIpc) is 3.49. The molecule has 7 rings (SSSR count). The van der Waals surface area contributed by atoms with Gasteiger partial charge in [0.05, 0.1) is 23.9 Å². The molecule has 0 spiro atoms. The molecule has 1 unspecified atom stereocenters. The molecule has 3 aromatic rings. The Balaban J connectivity index is 0.823. The number of imide groups is 1. The molecule has 0 aromatic heterocycles. The third-order valence-corrected chi connectivity index (χ3v) is 11.4. The fourth-order valence-electron chi connectivity index (χ4n) is 8.42. The normalized spacial score (nSPS) is 19.7. The number of anilines is 2. The van der Waals surface area contributed by atoms with E-state index < -0.39 is 35.1 Å². The maximum Gasteiger partial charge on any atom is 0.420 e. The molecule has 10 nitrogen and oxygen atoms in total. The van der Waals surface area contributed by atoms with Crippen molar-refractivity contribution in [2.24, 2.45) is 0 Å². The molecular weight excluding hydrogens is 716 g/mol. The number of alkyl halides is 3. The zero-order chi connectivity index (χ0) is 38.9. The molecule has 290 valence electrons. The molecule has 0 saturated carbocycles. The molecule has 4 aliphatic rings. The zero-order valence-electron chi connectivity index (χ0n) is 30.8. The number of aryl methyl sites for hydroxylation is 1. The van der Waals surface area contributed by atoms with Gasteiger partial charge in [-0.05, 0) is 111 Å². The van der Waals surface area contributed by atoms with Gasteiger partial charge in [0.2, 0.25) is 11.8 Å². The maximum absolute atomic E-state index is 15.0. The van der Waals surface area contributed by atoms with Gasteiger partial charge in [0.25, 0.3) is 5.91 Å². The van der Waals surface area contributed by atoms with Crippen LogP contribution in [-0.2, 0) is 22.3 Å². The first-order chi connectivity index (χ1) is 26.4. The number of hydrogen-bond acceptors (Lipinski definition) is 8. The minimum atomic E-state index is -4.95. The van der Waals surface area contributed by atoms with E-state index in [2.05, 4.69) is 27.2 Å². The Hall–Kier alpha value is -5.16. The molecule has 1 atom stereocenters. The quantitative estimate of drug-likeness (QED) is 0.149. The summed E-state index contributed by atoms with van der Waals surface area (Å²) in [4.78, 5) is 45.0. The van der Waals surface area contributed by atoms with E-state index in [9.17, 15) is 27.6 Å². The Morgan fingerprint density at radius 1 is 0.909 bits per heavy atom. The van der Waals surface area contributed by atoms with E-state index in [1.165, 1.54) is 12.1 Å². The summed E-state index contributed by atoms with van der Waals surface area (Å²) < 4.78 is 61.6. The van der Waals surface area contributed by atoms with Gasteiger partial charge >= 0.3 is 6.18 Å². The Bertz CT molecular complexity index is 2000. The van der Waals surface area contributed by atoms with E-state index in [1.807, 2.05) is 31.2 Å². The van der Waals surface area contributed by atoms with Crippen LogP contribution in [0.25, 0.3) is 0 Å². The zero-order valence-corrected chi connectivity index (χ0v) is 30.8. The number of fused-ring (bicyclic) bond motifs is 1. The molecular formula is C41H44F4N6O4. The number of hydrogen-bond donors (Lipinski definition) is 1. The van der Waals surface area contributed by atoms with E-state index >= 15 is 4.39 Å². The van der Waals surface area contributed by atoms with Crippen LogP contribution in [0.3, 0.4) is 0 Å². The lowest BCUT2D eigenvalue weighted by molar-refractivity contribution is -0.140. The van der Waals surface area contributed by atoms with Crippen molar-refractivity contribution in [1.29, 1.82) is 5.26 Å². The van der Waals surface area contributed by atoms with Crippen molar-refractivity contribution in [3.63, 3.8) is 0 Å².